The van der Waals surface area contributed by atoms with Crippen molar-refractivity contribution in [1.29, 1.82) is 0 Å². The SMILES string of the molecule is COc1ccc(C2=NN(C(=O)[C@@](OC)(c3ccccc3)C(F)(F)F)CC2)cc1OC. The first-order chi connectivity index (χ1) is 14.3. The maximum Gasteiger partial charge on any atom is 0.431 e. The number of hydrazone groups is 1. The zero-order valence-electron chi connectivity index (χ0n) is 16.7. The molecule has 2 aromatic carbocycles. The third-order valence-electron chi connectivity index (χ3n) is 4.94. The van der Waals surface area contributed by atoms with E-state index in [0.717, 1.165) is 12.1 Å². The van der Waals surface area contributed by atoms with Gasteiger partial charge in [-0.25, -0.2) is 5.01 Å². The Balaban J connectivity index is 1.99. The number of rotatable bonds is 6. The van der Waals surface area contributed by atoms with Crippen molar-refractivity contribution in [3.8, 4) is 11.5 Å². The molecule has 1 atom stereocenters. The molecular formula is C21H21F3N2O4. The molecular weight excluding hydrogens is 401 g/mol. The molecule has 0 unspecified atom stereocenters. The van der Waals surface area contributed by atoms with E-state index in [0.29, 0.717) is 22.8 Å². The van der Waals surface area contributed by atoms with Crippen molar-refractivity contribution in [3.05, 3.63) is 59.7 Å². The third-order valence-corrected chi connectivity index (χ3v) is 4.94. The van der Waals surface area contributed by atoms with Gasteiger partial charge in [0.1, 0.15) is 0 Å². The summed E-state index contributed by atoms with van der Waals surface area (Å²) in [5, 5.41) is 4.98. The smallest absolute Gasteiger partial charge is 0.431 e. The van der Waals surface area contributed by atoms with Crippen LogP contribution in [-0.4, -0.2) is 50.7 Å². The lowest BCUT2D eigenvalue weighted by Gasteiger charge is -2.35. The first-order valence-corrected chi connectivity index (χ1v) is 9.07. The van der Waals surface area contributed by atoms with E-state index >= 15 is 0 Å². The minimum absolute atomic E-state index is 0.00344. The van der Waals surface area contributed by atoms with Crippen LogP contribution in [0.5, 0.6) is 11.5 Å². The molecule has 1 heterocycles. The average Bonchev–Trinajstić information content (AvgIpc) is 3.24. The topological polar surface area (TPSA) is 60.4 Å². The average molecular weight is 422 g/mol. The van der Waals surface area contributed by atoms with Crippen molar-refractivity contribution in [2.75, 3.05) is 27.9 Å². The molecule has 0 spiro atoms. The van der Waals surface area contributed by atoms with Crippen LogP contribution in [0.4, 0.5) is 13.2 Å². The van der Waals surface area contributed by atoms with Gasteiger partial charge in [0.15, 0.2) is 11.5 Å². The molecule has 0 radical (unpaired) electrons. The van der Waals surface area contributed by atoms with Crippen LogP contribution in [-0.2, 0) is 15.1 Å². The van der Waals surface area contributed by atoms with E-state index in [4.69, 9.17) is 14.2 Å². The number of carbonyl (C=O) groups excluding carboxylic acids is 1. The Bertz CT molecular complexity index is 947. The van der Waals surface area contributed by atoms with Crippen LogP contribution in [0.2, 0.25) is 0 Å². The number of benzene rings is 2. The Labute approximate surface area is 171 Å². The zero-order valence-corrected chi connectivity index (χ0v) is 16.7. The van der Waals surface area contributed by atoms with Crippen molar-refractivity contribution in [2.24, 2.45) is 5.10 Å². The standard InChI is InChI=1S/C21H21F3N2O4/c1-28-17-10-9-14(13-18(17)29-2)16-11-12-26(25-16)19(27)20(30-3,21(22,23)24)15-7-5-4-6-8-15/h4-10,13H,11-12H2,1-3H3/t20-/m0/s1. The molecule has 0 fully saturated rings. The fourth-order valence-electron chi connectivity index (χ4n) is 3.41. The van der Waals surface area contributed by atoms with Crippen LogP contribution in [0.15, 0.2) is 53.6 Å². The fourth-order valence-corrected chi connectivity index (χ4v) is 3.41. The van der Waals surface area contributed by atoms with Crippen molar-refractivity contribution in [1.82, 2.24) is 5.01 Å². The van der Waals surface area contributed by atoms with Gasteiger partial charge in [-0.15, -0.1) is 0 Å². The highest BCUT2D eigenvalue weighted by molar-refractivity contribution is 6.03. The molecule has 0 N–H and O–H groups in total. The summed E-state index contributed by atoms with van der Waals surface area (Å²) in [6, 6.07) is 11.9. The fraction of sp³-hybridized carbons (Fsp3) is 0.333. The van der Waals surface area contributed by atoms with Gasteiger partial charge >= 0.3 is 6.18 Å². The van der Waals surface area contributed by atoms with Crippen molar-refractivity contribution in [3.63, 3.8) is 0 Å². The number of hydrogen-bond donors (Lipinski definition) is 0. The summed E-state index contributed by atoms with van der Waals surface area (Å²) in [5.41, 5.74) is -2.37. The second kappa shape index (κ2) is 8.35. The molecule has 1 aliphatic heterocycles. The van der Waals surface area contributed by atoms with E-state index < -0.39 is 17.7 Å². The van der Waals surface area contributed by atoms with Crippen LogP contribution in [0.1, 0.15) is 17.5 Å². The first-order valence-electron chi connectivity index (χ1n) is 9.07. The highest BCUT2D eigenvalue weighted by Crippen LogP contribution is 2.44. The molecule has 0 saturated heterocycles. The molecule has 6 nitrogen and oxygen atoms in total. The van der Waals surface area contributed by atoms with E-state index in [1.54, 1.807) is 24.3 Å². The second-order valence-electron chi connectivity index (χ2n) is 6.54. The summed E-state index contributed by atoms with van der Waals surface area (Å²) in [7, 11) is 3.84. The number of amides is 1. The third kappa shape index (κ3) is 3.60. The molecule has 0 aliphatic carbocycles. The summed E-state index contributed by atoms with van der Waals surface area (Å²) < 4.78 is 57.6. The number of carbonyl (C=O) groups is 1. The molecule has 30 heavy (non-hydrogen) atoms. The van der Waals surface area contributed by atoms with Crippen LogP contribution < -0.4 is 9.47 Å². The Morgan fingerprint density at radius 1 is 1.00 bits per heavy atom. The largest absolute Gasteiger partial charge is 0.493 e. The summed E-state index contributed by atoms with van der Waals surface area (Å²) in [6.45, 7) is -0.00344. The Morgan fingerprint density at radius 2 is 1.67 bits per heavy atom. The van der Waals surface area contributed by atoms with E-state index in [2.05, 4.69) is 5.10 Å². The quantitative estimate of drug-likeness (QED) is 0.712. The predicted octanol–water partition coefficient (Wildman–Crippen LogP) is 3.74. The van der Waals surface area contributed by atoms with Crippen molar-refractivity contribution >= 4 is 11.6 Å². The second-order valence-corrected chi connectivity index (χ2v) is 6.54. The molecule has 3 rings (SSSR count). The van der Waals surface area contributed by atoms with Crippen LogP contribution in [0.25, 0.3) is 0 Å². The van der Waals surface area contributed by atoms with Gasteiger partial charge in [-0.3, -0.25) is 4.79 Å². The lowest BCUT2D eigenvalue weighted by Crippen LogP contribution is -2.55. The van der Waals surface area contributed by atoms with Crippen molar-refractivity contribution < 1.29 is 32.2 Å². The molecule has 160 valence electrons. The molecule has 0 bridgehead atoms. The molecule has 0 saturated carbocycles. The predicted molar refractivity (Wildman–Crippen MR) is 104 cm³/mol. The van der Waals surface area contributed by atoms with Crippen LogP contribution in [0.3, 0.4) is 0 Å². The summed E-state index contributed by atoms with van der Waals surface area (Å²) in [4.78, 5) is 13.1. The minimum atomic E-state index is -4.98. The van der Waals surface area contributed by atoms with E-state index in [1.807, 2.05) is 0 Å². The Kier molecular flexibility index (Phi) is 6.02. The zero-order chi connectivity index (χ0) is 21.9. The van der Waals surface area contributed by atoms with Gasteiger partial charge in [-0.1, -0.05) is 30.3 Å². The maximum atomic E-state index is 14.1. The normalized spacial score (nSPS) is 16.1. The molecule has 9 heteroatoms. The molecule has 1 amide bonds. The monoisotopic (exact) mass is 422 g/mol. The number of ether oxygens (including phenoxy) is 3. The van der Waals surface area contributed by atoms with Gasteiger partial charge < -0.3 is 14.2 Å². The highest BCUT2D eigenvalue weighted by Gasteiger charge is 2.64. The van der Waals surface area contributed by atoms with Crippen LogP contribution in [0, 0.1) is 0 Å². The van der Waals surface area contributed by atoms with E-state index in [-0.39, 0.29) is 18.5 Å². The molecule has 2 aromatic rings. The number of nitrogens with zero attached hydrogens (tertiary/aromatic N) is 2. The first kappa shape index (κ1) is 21.6. The lowest BCUT2D eigenvalue weighted by atomic mass is 9.91. The number of methoxy groups -OCH3 is 3. The maximum absolute atomic E-state index is 14.1. The van der Waals surface area contributed by atoms with E-state index in [9.17, 15) is 18.0 Å². The Hall–Kier alpha value is -3.07. The van der Waals surface area contributed by atoms with Gasteiger partial charge in [0.25, 0.3) is 11.5 Å². The van der Waals surface area contributed by atoms with Gasteiger partial charge in [0.2, 0.25) is 0 Å². The summed E-state index contributed by atoms with van der Waals surface area (Å²) >= 11 is 0. The number of halogens is 3. The minimum Gasteiger partial charge on any atom is -0.493 e. The van der Waals surface area contributed by atoms with Gasteiger partial charge in [0.05, 0.1) is 26.5 Å². The van der Waals surface area contributed by atoms with Crippen LogP contribution >= 0.6 is 0 Å². The number of hydrogen-bond acceptors (Lipinski definition) is 5. The van der Waals surface area contributed by atoms with Gasteiger partial charge in [-0.05, 0) is 18.2 Å². The van der Waals surface area contributed by atoms with Gasteiger partial charge in [-0.2, -0.15) is 18.3 Å². The summed E-state index contributed by atoms with van der Waals surface area (Å²) in [5.74, 6) is -0.334. The molecule has 0 aromatic heterocycles. The van der Waals surface area contributed by atoms with E-state index in [1.165, 1.54) is 38.5 Å². The van der Waals surface area contributed by atoms with Crippen molar-refractivity contribution in [2.45, 2.75) is 18.2 Å². The Morgan fingerprint density at radius 3 is 2.23 bits per heavy atom. The number of alkyl halides is 3. The highest BCUT2D eigenvalue weighted by atomic mass is 19.4. The lowest BCUT2D eigenvalue weighted by molar-refractivity contribution is -0.270. The van der Waals surface area contributed by atoms with Gasteiger partial charge in [0, 0.05) is 24.7 Å². The molecule has 1 aliphatic rings. The summed E-state index contributed by atoms with van der Waals surface area (Å²) in [6.07, 6.45) is -4.70.